The van der Waals surface area contributed by atoms with Gasteiger partial charge in [0, 0.05) is 30.6 Å². The van der Waals surface area contributed by atoms with Crippen LogP contribution < -0.4 is 14.8 Å². The van der Waals surface area contributed by atoms with Crippen molar-refractivity contribution in [2.75, 3.05) is 19.9 Å². The molecule has 1 aromatic carbocycles. The fourth-order valence-corrected chi connectivity index (χ4v) is 3.10. The largest absolute Gasteiger partial charge is 0.454 e. The van der Waals surface area contributed by atoms with Gasteiger partial charge in [0.15, 0.2) is 11.5 Å². The third-order valence-electron chi connectivity index (χ3n) is 4.70. The van der Waals surface area contributed by atoms with Gasteiger partial charge in [-0.15, -0.1) is 0 Å². The summed E-state index contributed by atoms with van der Waals surface area (Å²) < 4.78 is 10.6. The van der Waals surface area contributed by atoms with Crippen molar-refractivity contribution in [2.24, 2.45) is 5.92 Å². The van der Waals surface area contributed by atoms with Crippen LogP contribution in [0.3, 0.4) is 0 Å². The summed E-state index contributed by atoms with van der Waals surface area (Å²) in [5.74, 6) is 1.48. The Morgan fingerprint density at radius 2 is 1.78 bits per heavy atom. The van der Waals surface area contributed by atoms with Crippen LogP contribution in [0.1, 0.15) is 36.0 Å². The summed E-state index contributed by atoms with van der Waals surface area (Å²) in [5.41, 5.74) is 0.607. The van der Waals surface area contributed by atoms with E-state index >= 15 is 0 Å². The maximum absolute atomic E-state index is 12.6. The maximum atomic E-state index is 12.6. The molecule has 1 aliphatic carbocycles. The van der Waals surface area contributed by atoms with Gasteiger partial charge in [0.1, 0.15) is 0 Å². The molecule has 2 amide bonds. The average Bonchev–Trinajstić information content (AvgIpc) is 3.27. The minimum atomic E-state index is -0.00986. The topological polar surface area (TPSA) is 67.9 Å². The van der Waals surface area contributed by atoms with Crippen LogP contribution in [-0.4, -0.2) is 42.6 Å². The van der Waals surface area contributed by atoms with Gasteiger partial charge in [-0.1, -0.05) is 0 Å². The number of amides is 2. The molecule has 6 nitrogen and oxygen atoms in total. The van der Waals surface area contributed by atoms with Gasteiger partial charge in [-0.3, -0.25) is 9.59 Å². The van der Waals surface area contributed by atoms with Crippen molar-refractivity contribution in [3.05, 3.63) is 23.8 Å². The second-order valence-electron chi connectivity index (χ2n) is 6.42. The van der Waals surface area contributed by atoms with Crippen molar-refractivity contribution >= 4 is 11.8 Å². The van der Waals surface area contributed by atoms with Crippen LogP contribution in [-0.2, 0) is 4.79 Å². The summed E-state index contributed by atoms with van der Waals surface area (Å²) in [6, 6.07) is 5.67. The number of rotatable bonds is 3. The summed E-state index contributed by atoms with van der Waals surface area (Å²) >= 11 is 0. The SMILES string of the molecule is O=C(NC1CC1)C1CCN(C(=O)c2ccc3c(c2)OCO3)CC1. The Labute approximate surface area is 134 Å². The van der Waals surface area contributed by atoms with Crippen molar-refractivity contribution in [1.82, 2.24) is 10.2 Å². The molecule has 2 fully saturated rings. The molecule has 1 saturated carbocycles. The van der Waals surface area contributed by atoms with E-state index in [0.29, 0.717) is 36.2 Å². The summed E-state index contributed by atoms with van der Waals surface area (Å²) in [5, 5.41) is 3.05. The lowest BCUT2D eigenvalue weighted by Gasteiger charge is -2.31. The van der Waals surface area contributed by atoms with Crippen LogP contribution in [0.15, 0.2) is 18.2 Å². The molecule has 4 rings (SSSR count). The number of carbonyl (C=O) groups excluding carboxylic acids is 2. The second-order valence-corrected chi connectivity index (χ2v) is 6.42. The van der Waals surface area contributed by atoms with Crippen LogP contribution in [0, 0.1) is 5.92 Å². The summed E-state index contributed by atoms with van der Waals surface area (Å²) in [4.78, 5) is 26.5. The molecule has 6 heteroatoms. The van der Waals surface area contributed by atoms with E-state index in [1.54, 1.807) is 18.2 Å². The molecule has 1 saturated heterocycles. The third-order valence-corrected chi connectivity index (χ3v) is 4.70. The average molecular weight is 316 g/mol. The molecule has 0 unspecified atom stereocenters. The Bertz CT molecular complexity index is 633. The molecule has 23 heavy (non-hydrogen) atoms. The first-order chi connectivity index (χ1) is 11.2. The quantitative estimate of drug-likeness (QED) is 0.918. The third kappa shape index (κ3) is 2.98. The Hall–Kier alpha value is -2.24. The van der Waals surface area contributed by atoms with Crippen LogP contribution in [0.25, 0.3) is 0 Å². The molecule has 0 aromatic heterocycles. The van der Waals surface area contributed by atoms with Gasteiger partial charge in [-0.05, 0) is 43.9 Å². The zero-order chi connectivity index (χ0) is 15.8. The highest BCUT2D eigenvalue weighted by atomic mass is 16.7. The zero-order valence-electron chi connectivity index (χ0n) is 12.9. The predicted octanol–water partition coefficient (Wildman–Crippen LogP) is 1.55. The summed E-state index contributed by atoms with van der Waals surface area (Å²) in [6.07, 6.45) is 3.67. The van der Waals surface area contributed by atoms with Gasteiger partial charge < -0.3 is 19.7 Å². The highest BCUT2D eigenvalue weighted by molar-refractivity contribution is 5.95. The molecule has 2 heterocycles. The number of benzene rings is 1. The van der Waals surface area contributed by atoms with Crippen molar-refractivity contribution in [2.45, 2.75) is 31.7 Å². The number of likely N-dealkylation sites (tertiary alicyclic amines) is 1. The van der Waals surface area contributed by atoms with E-state index < -0.39 is 0 Å². The van der Waals surface area contributed by atoms with Gasteiger partial charge in [0.2, 0.25) is 12.7 Å². The predicted molar refractivity (Wildman–Crippen MR) is 82.4 cm³/mol. The Balaban J connectivity index is 1.36. The fraction of sp³-hybridized carbons (Fsp3) is 0.529. The number of piperidine rings is 1. The Kier molecular flexibility index (Phi) is 3.59. The van der Waals surface area contributed by atoms with Gasteiger partial charge in [-0.2, -0.15) is 0 Å². The van der Waals surface area contributed by atoms with Crippen LogP contribution in [0.5, 0.6) is 11.5 Å². The number of carbonyl (C=O) groups is 2. The molecule has 0 atom stereocenters. The van der Waals surface area contributed by atoms with Gasteiger partial charge >= 0.3 is 0 Å². The highest BCUT2D eigenvalue weighted by Gasteiger charge is 2.31. The van der Waals surface area contributed by atoms with Gasteiger partial charge in [0.25, 0.3) is 5.91 Å². The lowest BCUT2D eigenvalue weighted by Crippen LogP contribution is -2.43. The first kappa shape index (κ1) is 14.4. The molecular formula is C17H20N2O4. The second kappa shape index (κ2) is 5.76. The van der Waals surface area contributed by atoms with E-state index in [1.165, 1.54) is 0 Å². The molecular weight excluding hydrogens is 296 g/mol. The minimum Gasteiger partial charge on any atom is -0.454 e. The van der Waals surface area contributed by atoms with Crippen molar-refractivity contribution in [1.29, 1.82) is 0 Å². The van der Waals surface area contributed by atoms with Crippen LogP contribution in [0.4, 0.5) is 0 Å². The first-order valence-corrected chi connectivity index (χ1v) is 8.20. The number of hydrogen-bond donors (Lipinski definition) is 1. The zero-order valence-corrected chi connectivity index (χ0v) is 12.9. The number of nitrogens with zero attached hydrogens (tertiary/aromatic N) is 1. The van der Waals surface area contributed by atoms with Crippen LogP contribution >= 0.6 is 0 Å². The number of hydrogen-bond acceptors (Lipinski definition) is 4. The standard InChI is InChI=1S/C17H20N2O4/c20-16(18-13-2-3-13)11-5-7-19(8-6-11)17(21)12-1-4-14-15(9-12)23-10-22-14/h1,4,9,11,13H,2-3,5-8,10H2,(H,18,20). The highest BCUT2D eigenvalue weighted by Crippen LogP contribution is 2.33. The number of nitrogens with one attached hydrogen (secondary N) is 1. The molecule has 2 aliphatic heterocycles. The lowest BCUT2D eigenvalue weighted by molar-refractivity contribution is -0.126. The van der Waals surface area contributed by atoms with Crippen molar-refractivity contribution in [3.63, 3.8) is 0 Å². The molecule has 0 radical (unpaired) electrons. The van der Waals surface area contributed by atoms with Crippen molar-refractivity contribution < 1.29 is 19.1 Å². The number of fused-ring (bicyclic) bond motifs is 1. The Morgan fingerprint density at radius 3 is 2.52 bits per heavy atom. The van der Waals surface area contributed by atoms with Crippen molar-refractivity contribution in [3.8, 4) is 11.5 Å². The minimum absolute atomic E-state index is 0.00986. The monoisotopic (exact) mass is 316 g/mol. The van der Waals surface area contributed by atoms with E-state index in [4.69, 9.17) is 9.47 Å². The molecule has 0 spiro atoms. The summed E-state index contributed by atoms with van der Waals surface area (Å²) in [6.45, 7) is 1.44. The first-order valence-electron chi connectivity index (χ1n) is 8.20. The van der Waals surface area contributed by atoms with E-state index in [9.17, 15) is 9.59 Å². The number of ether oxygens (including phenoxy) is 2. The van der Waals surface area contributed by atoms with E-state index in [2.05, 4.69) is 5.32 Å². The Morgan fingerprint density at radius 1 is 1.04 bits per heavy atom. The van der Waals surface area contributed by atoms with E-state index in [0.717, 1.165) is 25.7 Å². The lowest BCUT2D eigenvalue weighted by atomic mass is 9.95. The van der Waals surface area contributed by atoms with E-state index in [1.807, 2.05) is 4.90 Å². The van der Waals surface area contributed by atoms with Gasteiger partial charge in [0.05, 0.1) is 0 Å². The normalized spacial score (nSPS) is 20.4. The maximum Gasteiger partial charge on any atom is 0.253 e. The molecule has 1 aromatic rings. The summed E-state index contributed by atoms with van der Waals surface area (Å²) in [7, 11) is 0. The fourth-order valence-electron chi connectivity index (χ4n) is 3.10. The molecule has 0 bridgehead atoms. The van der Waals surface area contributed by atoms with Gasteiger partial charge in [-0.25, -0.2) is 0 Å². The smallest absolute Gasteiger partial charge is 0.253 e. The molecule has 3 aliphatic rings. The molecule has 1 N–H and O–H groups in total. The molecule has 122 valence electrons. The van der Waals surface area contributed by atoms with Crippen LogP contribution in [0.2, 0.25) is 0 Å². The van der Waals surface area contributed by atoms with E-state index in [-0.39, 0.29) is 24.5 Å².